The van der Waals surface area contributed by atoms with Crippen LogP contribution in [0.3, 0.4) is 0 Å². The number of nitrogens with zero attached hydrogens (tertiary/aromatic N) is 1. The Morgan fingerprint density at radius 3 is 2.33 bits per heavy atom. The van der Waals surface area contributed by atoms with Crippen LogP contribution in [0.1, 0.15) is 55.3 Å². The number of ether oxygens (including phenoxy) is 2. The second kappa shape index (κ2) is 9.11. The molecule has 1 N–H and O–H groups in total. The van der Waals surface area contributed by atoms with Crippen molar-refractivity contribution >= 4 is 11.8 Å². The van der Waals surface area contributed by atoms with Crippen molar-refractivity contribution < 1.29 is 19.1 Å². The van der Waals surface area contributed by atoms with Crippen LogP contribution < -0.4 is 14.8 Å². The zero-order valence-electron chi connectivity index (χ0n) is 16.3. The molecule has 0 unspecified atom stereocenters. The molecule has 0 radical (unpaired) electrons. The van der Waals surface area contributed by atoms with Crippen molar-refractivity contribution in [2.24, 2.45) is 5.92 Å². The van der Waals surface area contributed by atoms with Gasteiger partial charge >= 0.3 is 0 Å². The number of amides is 2. The quantitative estimate of drug-likeness (QED) is 0.860. The van der Waals surface area contributed by atoms with Crippen LogP contribution in [0.15, 0.2) is 18.2 Å². The van der Waals surface area contributed by atoms with Crippen molar-refractivity contribution in [2.75, 3.05) is 27.3 Å². The zero-order chi connectivity index (χ0) is 19.2. The summed E-state index contributed by atoms with van der Waals surface area (Å²) in [6, 6.07) is 5.41. The van der Waals surface area contributed by atoms with E-state index in [2.05, 4.69) is 5.32 Å². The van der Waals surface area contributed by atoms with E-state index in [9.17, 15) is 9.59 Å². The van der Waals surface area contributed by atoms with Crippen LogP contribution in [0.25, 0.3) is 0 Å². The smallest absolute Gasteiger partial charge is 0.257 e. The van der Waals surface area contributed by atoms with Gasteiger partial charge in [-0.3, -0.25) is 9.59 Å². The van der Waals surface area contributed by atoms with Crippen molar-refractivity contribution in [3.8, 4) is 11.5 Å². The van der Waals surface area contributed by atoms with Gasteiger partial charge in [0, 0.05) is 31.1 Å². The highest BCUT2D eigenvalue weighted by Crippen LogP contribution is 2.27. The minimum Gasteiger partial charge on any atom is -0.497 e. The summed E-state index contributed by atoms with van der Waals surface area (Å²) in [5.74, 6) is 1.53. The van der Waals surface area contributed by atoms with Gasteiger partial charge in [-0.2, -0.15) is 0 Å². The minimum absolute atomic E-state index is 0.0356. The summed E-state index contributed by atoms with van der Waals surface area (Å²) in [7, 11) is 3.14. The summed E-state index contributed by atoms with van der Waals surface area (Å²) in [6.45, 7) is 1.28. The number of likely N-dealkylation sites (tertiary alicyclic amines) is 1. The monoisotopic (exact) mass is 374 g/mol. The topological polar surface area (TPSA) is 67.9 Å². The van der Waals surface area contributed by atoms with E-state index in [1.807, 2.05) is 4.90 Å². The number of piperidine rings is 1. The van der Waals surface area contributed by atoms with E-state index < -0.39 is 0 Å². The molecule has 1 saturated heterocycles. The van der Waals surface area contributed by atoms with Crippen LogP contribution in [-0.2, 0) is 4.79 Å². The number of nitrogens with one attached hydrogen (secondary N) is 1. The predicted molar refractivity (Wildman–Crippen MR) is 103 cm³/mol. The second-order valence-electron chi connectivity index (χ2n) is 7.48. The predicted octanol–water partition coefficient (Wildman–Crippen LogP) is 3.00. The van der Waals surface area contributed by atoms with E-state index in [-0.39, 0.29) is 23.8 Å². The minimum atomic E-state index is -0.0356. The molecule has 0 spiro atoms. The average molecular weight is 374 g/mol. The third-order valence-electron chi connectivity index (χ3n) is 5.74. The number of hydrogen-bond acceptors (Lipinski definition) is 4. The first kappa shape index (κ1) is 19.5. The first-order valence-electron chi connectivity index (χ1n) is 9.94. The lowest BCUT2D eigenvalue weighted by Gasteiger charge is -2.33. The Morgan fingerprint density at radius 1 is 1.00 bits per heavy atom. The van der Waals surface area contributed by atoms with Crippen molar-refractivity contribution in [3.63, 3.8) is 0 Å². The molecular weight excluding hydrogens is 344 g/mol. The van der Waals surface area contributed by atoms with Crippen LogP contribution in [0, 0.1) is 5.92 Å². The van der Waals surface area contributed by atoms with Gasteiger partial charge in [-0.05, 0) is 37.8 Å². The molecule has 3 rings (SSSR count). The normalized spacial score (nSPS) is 18.8. The molecule has 0 bridgehead atoms. The fourth-order valence-corrected chi connectivity index (χ4v) is 4.06. The molecule has 2 amide bonds. The number of carbonyl (C=O) groups is 2. The molecule has 6 heteroatoms. The fraction of sp³-hybridized carbons (Fsp3) is 0.619. The lowest BCUT2D eigenvalue weighted by Crippen LogP contribution is -2.48. The van der Waals surface area contributed by atoms with Crippen LogP contribution in [0.4, 0.5) is 0 Å². The Hall–Kier alpha value is -2.24. The van der Waals surface area contributed by atoms with Gasteiger partial charge in [-0.15, -0.1) is 0 Å². The maximum atomic E-state index is 12.9. The lowest BCUT2D eigenvalue weighted by molar-refractivity contribution is -0.126. The fourth-order valence-electron chi connectivity index (χ4n) is 4.06. The standard InChI is InChI=1S/C21H30N2O4/c1-26-17-8-9-18(19(14-17)27-2)21(25)23-12-10-16(11-13-23)22-20(24)15-6-4-3-5-7-15/h8-9,14-16H,3-7,10-13H2,1-2H3,(H,22,24). The molecule has 1 aromatic rings. The van der Waals surface area contributed by atoms with E-state index in [0.717, 1.165) is 38.5 Å². The van der Waals surface area contributed by atoms with Gasteiger partial charge in [-0.1, -0.05) is 19.3 Å². The van der Waals surface area contributed by atoms with E-state index in [1.165, 1.54) is 6.42 Å². The SMILES string of the molecule is COc1ccc(C(=O)N2CCC(NC(=O)C3CCCCC3)CC2)c(OC)c1. The largest absolute Gasteiger partial charge is 0.497 e. The Morgan fingerprint density at radius 2 is 1.70 bits per heavy atom. The molecule has 1 heterocycles. The van der Waals surface area contributed by atoms with Crippen molar-refractivity contribution in [3.05, 3.63) is 23.8 Å². The highest BCUT2D eigenvalue weighted by molar-refractivity contribution is 5.97. The molecule has 1 saturated carbocycles. The third kappa shape index (κ3) is 4.73. The molecule has 6 nitrogen and oxygen atoms in total. The first-order valence-corrected chi connectivity index (χ1v) is 9.94. The molecule has 0 atom stereocenters. The molecule has 148 valence electrons. The maximum absolute atomic E-state index is 12.9. The molecule has 2 fully saturated rings. The average Bonchev–Trinajstić information content (AvgIpc) is 2.73. The van der Waals surface area contributed by atoms with E-state index in [0.29, 0.717) is 30.2 Å². The van der Waals surface area contributed by atoms with Crippen molar-refractivity contribution in [1.29, 1.82) is 0 Å². The van der Waals surface area contributed by atoms with Gasteiger partial charge in [0.05, 0.1) is 19.8 Å². The Labute approximate surface area is 161 Å². The second-order valence-corrected chi connectivity index (χ2v) is 7.48. The van der Waals surface area contributed by atoms with Gasteiger partial charge in [0.2, 0.25) is 5.91 Å². The summed E-state index contributed by atoms with van der Waals surface area (Å²) in [6.07, 6.45) is 7.19. The Kier molecular flexibility index (Phi) is 6.58. The summed E-state index contributed by atoms with van der Waals surface area (Å²) in [5, 5.41) is 3.21. The maximum Gasteiger partial charge on any atom is 0.257 e. The van der Waals surface area contributed by atoms with E-state index in [4.69, 9.17) is 9.47 Å². The van der Waals surface area contributed by atoms with E-state index in [1.54, 1.807) is 32.4 Å². The molecule has 1 aliphatic heterocycles. The first-order chi connectivity index (χ1) is 13.1. The molecule has 27 heavy (non-hydrogen) atoms. The lowest BCUT2D eigenvalue weighted by atomic mass is 9.88. The number of hydrogen-bond donors (Lipinski definition) is 1. The molecule has 1 aromatic carbocycles. The summed E-state index contributed by atoms with van der Waals surface area (Å²) in [5.41, 5.74) is 0.544. The van der Waals surface area contributed by atoms with Gasteiger partial charge in [0.25, 0.3) is 5.91 Å². The van der Waals surface area contributed by atoms with Crippen molar-refractivity contribution in [1.82, 2.24) is 10.2 Å². The summed E-state index contributed by atoms with van der Waals surface area (Å²) < 4.78 is 10.5. The van der Waals surface area contributed by atoms with E-state index >= 15 is 0 Å². The summed E-state index contributed by atoms with van der Waals surface area (Å²) in [4.78, 5) is 27.1. The van der Waals surface area contributed by atoms with Gasteiger partial charge in [-0.25, -0.2) is 0 Å². The van der Waals surface area contributed by atoms with Crippen LogP contribution >= 0.6 is 0 Å². The number of carbonyl (C=O) groups excluding carboxylic acids is 2. The Balaban J connectivity index is 1.54. The zero-order valence-corrected chi connectivity index (χ0v) is 16.3. The van der Waals surface area contributed by atoms with Gasteiger partial charge < -0.3 is 19.7 Å². The number of methoxy groups -OCH3 is 2. The number of benzene rings is 1. The Bertz CT molecular complexity index is 662. The van der Waals surface area contributed by atoms with Crippen LogP contribution in [0.5, 0.6) is 11.5 Å². The van der Waals surface area contributed by atoms with Crippen LogP contribution in [-0.4, -0.2) is 50.1 Å². The van der Waals surface area contributed by atoms with Gasteiger partial charge in [0.1, 0.15) is 11.5 Å². The van der Waals surface area contributed by atoms with Gasteiger partial charge in [0.15, 0.2) is 0 Å². The highest BCUT2D eigenvalue weighted by atomic mass is 16.5. The molecular formula is C21H30N2O4. The molecule has 0 aromatic heterocycles. The van der Waals surface area contributed by atoms with Crippen LogP contribution in [0.2, 0.25) is 0 Å². The third-order valence-corrected chi connectivity index (χ3v) is 5.74. The molecule has 2 aliphatic rings. The van der Waals surface area contributed by atoms with Crippen molar-refractivity contribution in [2.45, 2.75) is 51.0 Å². The molecule has 1 aliphatic carbocycles. The highest BCUT2D eigenvalue weighted by Gasteiger charge is 2.28. The summed E-state index contributed by atoms with van der Waals surface area (Å²) >= 11 is 0. The number of rotatable bonds is 5.